The summed E-state index contributed by atoms with van der Waals surface area (Å²) in [6.07, 6.45) is 5.22. The monoisotopic (exact) mass is 220 g/mol. The van der Waals surface area contributed by atoms with Crippen LogP contribution in [0.15, 0.2) is 23.3 Å². The molecule has 1 fully saturated rings. The predicted molar refractivity (Wildman–Crippen MR) is 61.4 cm³/mol. The highest BCUT2D eigenvalue weighted by atomic mass is 16.2. The van der Waals surface area contributed by atoms with Crippen molar-refractivity contribution in [3.63, 3.8) is 0 Å². The quantitative estimate of drug-likeness (QED) is 0.774. The summed E-state index contributed by atoms with van der Waals surface area (Å²) in [5.74, 6) is 0.383. The van der Waals surface area contributed by atoms with Crippen LogP contribution in [0.2, 0.25) is 0 Å². The molecule has 2 heterocycles. The zero-order chi connectivity index (χ0) is 11.5. The topological polar surface area (TPSA) is 53.2 Å². The molecule has 1 saturated heterocycles. The van der Waals surface area contributed by atoms with Crippen molar-refractivity contribution in [1.29, 1.82) is 0 Å². The maximum atomic E-state index is 12.1. The third kappa shape index (κ3) is 2.15. The maximum Gasteiger partial charge on any atom is 0.259 e. The van der Waals surface area contributed by atoms with Gasteiger partial charge >= 0.3 is 0 Å². The number of likely N-dealkylation sites (tertiary alicyclic amines) is 1. The van der Waals surface area contributed by atoms with E-state index in [4.69, 9.17) is 0 Å². The summed E-state index contributed by atoms with van der Waals surface area (Å²) in [6.45, 7) is 3.65. The first-order valence-corrected chi connectivity index (χ1v) is 5.65. The molecule has 1 N–H and O–H groups in total. The molecule has 1 aromatic heterocycles. The Kier molecular flexibility index (Phi) is 3.08. The summed E-state index contributed by atoms with van der Waals surface area (Å²) in [5, 5.41) is 0. The van der Waals surface area contributed by atoms with E-state index in [0.29, 0.717) is 5.92 Å². The Hall–Kier alpha value is -1.58. The number of nitrogens with one attached hydrogen (secondary N) is 1. The summed E-state index contributed by atoms with van der Waals surface area (Å²) in [5.41, 5.74) is 0.0403. The van der Waals surface area contributed by atoms with Crippen molar-refractivity contribution in [2.45, 2.75) is 19.8 Å². The standard InChI is InChI=1S/C12H16N2O2/c1-9-3-2-6-14(8-9)12(16)10-7-13-5-4-11(10)15/h4-5,7,9H,2-3,6,8H2,1H3,(H,13,15). The van der Waals surface area contributed by atoms with E-state index in [0.717, 1.165) is 25.9 Å². The van der Waals surface area contributed by atoms with Gasteiger partial charge in [0.15, 0.2) is 5.43 Å². The van der Waals surface area contributed by atoms with Gasteiger partial charge in [0.2, 0.25) is 0 Å². The molecule has 0 aliphatic carbocycles. The number of carbonyl (C=O) groups is 1. The fraction of sp³-hybridized carbons (Fsp3) is 0.500. The van der Waals surface area contributed by atoms with Gasteiger partial charge in [-0.1, -0.05) is 6.92 Å². The van der Waals surface area contributed by atoms with Crippen LogP contribution in [-0.2, 0) is 0 Å². The van der Waals surface area contributed by atoms with Crippen LogP contribution in [0.3, 0.4) is 0 Å². The summed E-state index contributed by atoms with van der Waals surface area (Å²) in [7, 11) is 0. The van der Waals surface area contributed by atoms with Crippen LogP contribution in [0.5, 0.6) is 0 Å². The fourth-order valence-electron chi connectivity index (χ4n) is 2.13. The second kappa shape index (κ2) is 4.51. The largest absolute Gasteiger partial charge is 0.367 e. The van der Waals surface area contributed by atoms with Crippen LogP contribution in [0.25, 0.3) is 0 Å². The Balaban J connectivity index is 2.19. The molecule has 1 amide bonds. The lowest BCUT2D eigenvalue weighted by Gasteiger charge is -2.30. The first kappa shape index (κ1) is 10.9. The second-order valence-electron chi connectivity index (χ2n) is 4.42. The Morgan fingerprint density at radius 1 is 1.56 bits per heavy atom. The molecule has 0 radical (unpaired) electrons. The third-order valence-corrected chi connectivity index (χ3v) is 3.00. The highest BCUT2D eigenvalue weighted by Gasteiger charge is 2.23. The second-order valence-corrected chi connectivity index (χ2v) is 4.42. The van der Waals surface area contributed by atoms with Crippen LogP contribution in [0.4, 0.5) is 0 Å². The number of aromatic amines is 1. The molecular formula is C12H16N2O2. The number of rotatable bonds is 1. The molecule has 0 bridgehead atoms. The fourth-order valence-corrected chi connectivity index (χ4v) is 2.13. The maximum absolute atomic E-state index is 12.1. The minimum absolute atomic E-state index is 0.145. The first-order valence-electron chi connectivity index (χ1n) is 5.65. The summed E-state index contributed by atoms with van der Waals surface area (Å²) >= 11 is 0. The van der Waals surface area contributed by atoms with Gasteiger partial charge in [-0.25, -0.2) is 0 Å². The van der Waals surface area contributed by atoms with E-state index in [9.17, 15) is 9.59 Å². The Bertz CT molecular complexity index is 439. The highest BCUT2D eigenvalue weighted by molar-refractivity contribution is 5.93. The van der Waals surface area contributed by atoms with E-state index in [1.165, 1.54) is 18.5 Å². The van der Waals surface area contributed by atoms with Crippen molar-refractivity contribution in [1.82, 2.24) is 9.88 Å². The third-order valence-electron chi connectivity index (χ3n) is 3.00. The lowest BCUT2D eigenvalue weighted by atomic mass is 10.00. The van der Waals surface area contributed by atoms with Crippen LogP contribution in [0.1, 0.15) is 30.1 Å². The van der Waals surface area contributed by atoms with Gasteiger partial charge in [-0.2, -0.15) is 0 Å². The van der Waals surface area contributed by atoms with Gasteiger partial charge in [0.1, 0.15) is 5.56 Å². The van der Waals surface area contributed by atoms with E-state index in [-0.39, 0.29) is 16.9 Å². The zero-order valence-electron chi connectivity index (χ0n) is 9.40. The smallest absolute Gasteiger partial charge is 0.259 e. The van der Waals surface area contributed by atoms with E-state index in [1.807, 2.05) is 0 Å². The van der Waals surface area contributed by atoms with Gasteiger partial charge in [-0.05, 0) is 18.8 Å². The van der Waals surface area contributed by atoms with Crippen molar-refractivity contribution < 1.29 is 4.79 Å². The van der Waals surface area contributed by atoms with Gasteiger partial charge in [0.25, 0.3) is 5.91 Å². The number of hydrogen-bond acceptors (Lipinski definition) is 2. The number of hydrogen-bond donors (Lipinski definition) is 1. The predicted octanol–water partition coefficient (Wildman–Crippen LogP) is 1.25. The van der Waals surface area contributed by atoms with Gasteiger partial charge in [-0.15, -0.1) is 0 Å². The van der Waals surface area contributed by atoms with Crippen LogP contribution < -0.4 is 5.43 Å². The summed E-state index contributed by atoms with van der Waals surface area (Å²) in [6, 6.07) is 1.39. The van der Waals surface area contributed by atoms with E-state index in [2.05, 4.69) is 11.9 Å². The molecule has 0 spiro atoms. The Labute approximate surface area is 94.3 Å². The molecule has 2 rings (SSSR count). The van der Waals surface area contributed by atoms with E-state index >= 15 is 0 Å². The minimum Gasteiger partial charge on any atom is -0.367 e. The van der Waals surface area contributed by atoms with Crippen molar-refractivity contribution in [3.8, 4) is 0 Å². The number of piperidine rings is 1. The normalized spacial score (nSPS) is 20.8. The highest BCUT2D eigenvalue weighted by Crippen LogP contribution is 2.16. The molecule has 0 aromatic carbocycles. The SMILES string of the molecule is CC1CCCN(C(=O)c2c[nH]ccc2=O)C1. The average molecular weight is 220 g/mol. The summed E-state index contributed by atoms with van der Waals surface area (Å²) < 4.78 is 0. The summed E-state index contributed by atoms with van der Waals surface area (Å²) in [4.78, 5) is 28.2. The zero-order valence-corrected chi connectivity index (χ0v) is 9.40. The van der Waals surface area contributed by atoms with Crippen molar-refractivity contribution >= 4 is 5.91 Å². The first-order chi connectivity index (χ1) is 7.68. The number of amides is 1. The minimum atomic E-state index is -0.207. The van der Waals surface area contributed by atoms with E-state index in [1.54, 1.807) is 4.90 Å². The Morgan fingerprint density at radius 2 is 2.38 bits per heavy atom. The molecule has 1 unspecified atom stereocenters. The van der Waals surface area contributed by atoms with Crippen LogP contribution in [0, 0.1) is 5.92 Å². The van der Waals surface area contributed by atoms with Gasteiger partial charge in [0.05, 0.1) is 0 Å². The molecule has 1 aliphatic rings. The number of H-pyrrole nitrogens is 1. The Morgan fingerprint density at radius 3 is 3.06 bits per heavy atom. The van der Waals surface area contributed by atoms with Crippen LogP contribution >= 0.6 is 0 Å². The molecule has 1 aromatic rings. The number of aromatic nitrogens is 1. The van der Waals surface area contributed by atoms with Gasteiger partial charge in [0, 0.05) is 31.5 Å². The van der Waals surface area contributed by atoms with Crippen LogP contribution in [-0.4, -0.2) is 28.9 Å². The van der Waals surface area contributed by atoms with Gasteiger partial charge in [-0.3, -0.25) is 9.59 Å². The van der Waals surface area contributed by atoms with Crippen molar-refractivity contribution in [3.05, 3.63) is 34.2 Å². The molecule has 1 aliphatic heterocycles. The van der Waals surface area contributed by atoms with Crippen molar-refractivity contribution in [2.75, 3.05) is 13.1 Å². The lowest BCUT2D eigenvalue weighted by molar-refractivity contribution is 0.0681. The number of nitrogens with zero attached hydrogens (tertiary/aromatic N) is 1. The molecule has 16 heavy (non-hydrogen) atoms. The number of carbonyl (C=O) groups excluding carboxylic acids is 1. The van der Waals surface area contributed by atoms with E-state index < -0.39 is 0 Å². The van der Waals surface area contributed by atoms with Crippen molar-refractivity contribution in [2.24, 2.45) is 5.92 Å². The lowest BCUT2D eigenvalue weighted by Crippen LogP contribution is -2.40. The molecule has 1 atom stereocenters. The molecule has 4 heteroatoms. The number of pyridine rings is 1. The van der Waals surface area contributed by atoms with Gasteiger partial charge < -0.3 is 9.88 Å². The molecule has 4 nitrogen and oxygen atoms in total. The molecular weight excluding hydrogens is 204 g/mol. The average Bonchev–Trinajstić information content (AvgIpc) is 2.29. The molecule has 86 valence electrons. The molecule has 0 saturated carbocycles.